The highest BCUT2D eigenvalue weighted by atomic mass is 32.2. The third kappa shape index (κ3) is 4.67. The molecule has 4 aromatic rings. The van der Waals surface area contributed by atoms with E-state index >= 15 is 0 Å². The number of nitrogens with one attached hydrogen (secondary N) is 2. The number of amides is 2. The Morgan fingerprint density at radius 3 is 2.56 bits per heavy atom. The van der Waals surface area contributed by atoms with Gasteiger partial charge in [-0.05, 0) is 42.5 Å². The Morgan fingerprint density at radius 1 is 1.12 bits per heavy atom. The Kier molecular flexibility index (Phi) is 6.18. The van der Waals surface area contributed by atoms with E-state index in [9.17, 15) is 9.59 Å². The quantitative estimate of drug-likeness (QED) is 0.315. The molecule has 3 aromatic heterocycles. The summed E-state index contributed by atoms with van der Waals surface area (Å²) in [7, 11) is 1.69. The molecule has 0 bridgehead atoms. The predicted octanol–water partition coefficient (Wildman–Crippen LogP) is 4.96. The van der Waals surface area contributed by atoms with Crippen LogP contribution in [0.15, 0.2) is 51.0 Å². The van der Waals surface area contributed by atoms with E-state index in [0.717, 1.165) is 16.6 Å². The number of benzene rings is 1. The van der Waals surface area contributed by atoms with Crippen LogP contribution in [0.1, 0.15) is 32.0 Å². The minimum absolute atomic E-state index is 0.181. The monoisotopic (exact) mass is 478 g/mol. The number of fused-ring (bicyclic) bond motifs is 1. The van der Waals surface area contributed by atoms with Crippen molar-refractivity contribution in [1.29, 1.82) is 0 Å². The van der Waals surface area contributed by atoms with Crippen molar-refractivity contribution >= 4 is 40.4 Å². The highest BCUT2D eigenvalue weighted by Crippen LogP contribution is 2.27. The van der Waals surface area contributed by atoms with Crippen LogP contribution in [0.25, 0.3) is 22.2 Å². The zero-order valence-electron chi connectivity index (χ0n) is 19.9. The summed E-state index contributed by atoms with van der Waals surface area (Å²) < 4.78 is 6.74. The lowest BCUT2D eigenvalue weighted by molar-refractivity contribution is 0.261. The number of thioether (sulfide) groups is 1. The number of pyridine rings is 1. The second kappa shape index (κ2) is 8.94. The van der Waals surface area contributed by atoms with Crippen molar-refractivity contribution in [3.8, 4) is 11.1 Å². The second-order valence-corrected chi connectivity index (χ2v) is 9.77. The average Bonchev–Trinajstić information content (AvgIpc) is 3.26. The normalized spacial score (nSPS) is 11.6. The lowest BCUT2D eigenvalue weighted by Gasteiger charge is -2.13. The largest absolute Gasteiger partial charge is 0.338 e. The third-order valence-electron chi connectivity index (χ3n) is 5.41. The van der Waals surface area contributed by atoms with Crippen molar-refractivity contribution in [2.75, 3.05) is 16.9 Å². The standard InChI is InChI=1S/C24H26N6O3S/c1-13-7-8-15(26-22(32)27-19-11-18(29-33-19)24(2,3)4)10-16(13)17-9-14-12-25-23(34-6)28-20(14)30(5)21(17)31/h7-12H,1-6H3,(H2,26,27,32). The van der Waals surface area contributed by atoms with Gasteiger partial charge in [0, 0.05) is 41.4 Å². The zero-order chi connectivity index (χ0) is 24.6. The third-order valence-corrected chi connectivity index (χ3v) is 5.97. The number of hydrogen-bond acceptors (Lipinski definition) is 7. The number of anilines is 2. The summed E-state index contributed by atoms with van der Waals surface area (Å²) in [4.78, 5) is 34.5. The molecule has 10 heteroatoms. The van der Waals surface area contributed by atoms with Crippen LogP contribution in [0.2, 0.25) is 0 Å². The number of aromatic nitrogens is 4. The predicted molar refractivity (Wildman–Crippen MR) is 135 cm³/mol. The molecule has 0 radical (unpaired) electrons. The SMILES string of the molecule is CSc1ncc2cc(-c3cc(NC(=O)Nc4cc(C(C)(C)C)no4)ccc3C)c(=O)n(C)c2n1. The van der Waals surface area contributed by atoms with Gasteiger partial charge in [0.1, 0.15) is 5.65 Å². The minimum Gasteiger partial charge on any atom is -0.338 e. The topological polar surface area (TPSA) is 115 Å². The van der Waals surface area contributed by atoms with E-state index in [0.29, 0.717) is 27.6 Å². The van der Waals surface area contributed by atoms with Crippen LogP contribution in [0.5, 0.6) is 0 Å². The first-order chi connectivity index (χ1) is 16.1. The van der Waals surface area contributed by atoms with Crippen LogP contribution in [0, 0.1) is 6.92 Å². The fourth-order valence-corrected chi connectivity index (χ4v) is 3.81. The molecule has 2 N–H and O–H groups in total. The zero-order valence-corrected chi connectivity index (χ0v) is 20.7. The minimum atomic E-state index is -0.476. The summed E-state index contributed by atoms with van der Waals surface area (Å²) >= 11 is 1.42. The lowest BCUT2D eigenvalue weighted by Crippen LogP contribution is -2.21. The van der Waals surface area contributed by atoms with Gasteiger partial charge in [-0.15, -0.1) is 0 Å². The molecule has 0 aliphatic carbocycles. The molecule has 0 saturated carbocycles. The van der Waals surface area contributed by atoms with Gasteiger partial charge in [-0.2, -0.15) is 0 Å². The molecule has 9 nitrogen and oxygen atoms in total. The number of carbonyl (C=O) groups is 1. The van der Waals surface area contributed by atoms with Crippen LogP contribution in [0.4, 0.5) is 16.4 Å². The number of urea groups is 1. The average molecular weight is 479 g/mol. The number of hydrogen-bond donors (Lipinski definition) is 2. The summed E-state index contributed by atoms with van der Waals surface area (Å²) in [6.07, 6.45) is 3.60. The smallest absolute Gasteiger partial charge is 0.326 e. The van der Waals surface area contributed by atoms with Crippen molar-refractivity contribution in [2.24, 2.45) is 7.05 Å². The van der Waals surface area contributed by atoms with Crippen LogP contribution >= 0.6 is 11.8 Å². The second-order valence-electron chi connectivity index (χ2n) is 8.99. The Morgan fingerprint density at radius 2 is 1.88 bits per heavy atom. The highest BCUT2D eigenvalue weighted by Gasteiger charge is 2.20. The molecule has 2 amide bonds. The Balaban J connectivity index is 1.63. The molecule has 34 heavy (non-hydrogen) atoms. The molecule has 0 aliphatic heterocycles. The van der Waals surface area contributed by atoms with Gasteiger partial charge in [0.05, 0.1) is 5.69 Å². The van der Waals surface area contributed by atoms with Gasteiger partial charge in [0.25, 0.3) is 5.56 Å². The van der Waals surface area contributed by atoms with Crippen LogP contribution in [-0.4, -0.2) is 32.0 Å². The van der Waals surface area contributed by atoms with Crippen LogP contribution < -0.4 is 16.2 Å². The maximum Gasteiger partial charge on any atom is 0.326 e. The first kappa shape index (κ1) is 23.5. The van der Waals surface area contributed by atoms with Gasteiger partial charge >= 0.3 is 6.03 Å². The molecule has 3 heterocycles. The summed E-state index contributed by atoms with van der Waals surface area (Å²) in [6, 6.07) is 8.42. The fourth-order valence-electron chi connectivity index (χ4n) is 3.47. The maximum atomic E-state index is 13.2. The lowest BCUT2D eigenvalue weighted by atomic mass is 9.92. The van der Waals surface area contributed by atoms with Crippen molar-refractivity contribution in [2.45, 2.75) is 38.3 Å². The van der Waals surface area contributed by atoms with Gasteiger partial charge < -0.3 is 9.84 Å². The molecule has 0 saturated heterocycles. The van der Waals surface area contributed by atoms with Crippen molar-refractivity contribution in [3.63, 3.8) is 0 Å². The van der Waals surface area contributed by atoms with E-state index in [1.807, 2.05) is 40.0 Å². The molecular weight excluding hydrogens is 452 g/mol. The van der Waals surface area contributed by atoms with E-state index in [4.69, 9.17) is 4.52 Å². The van der Waals surface area contributed by atoms with Gasteiger partial charge in [-0.1, -0.05) is 43.8 Å². The first-order valence-electron chi connectivity index (χ1n) is 10.6. The fraction of sp³-hybridized carbons (Fsp3) is 0.292. The number of aryl methyl sites for hydroxylation is 2. The summed E-state index contributed by atoms with van der Waals surface area (Å²) in [5.74, 6) is 0.253. The van der Waals surface area contributed by atoms with Crippen LogP contribution in [-0.2, 0) is 12.5 Å². The Bertz CT molecular complexity index is 1450. The molecule has 0 spiro atoms. The molecule has 0 aliphatic rings. The van der Waals surface area contributed by atoms with E-state index in [2.05, 4.69) is 25.8 Å². The van der Waals surface area contributed by atoms with Crippen molar-refractivity contribution in [3.05, 3.63) is 58.1 Å². The van der Waals surface area contributed by atoms with Crippen LogP contribution in [0.3, 0.4) is 0 Å². The summed E-state index contributed by atoms with van der Waals surface area (Å²) in [6.45, 7) is 7.94. The molecule has 0 unspecified atom stereocenters. The number of rotatable bonds is 4. The molecular formula is C24H26N6O3S. The summed E-state index contributed by atoms with van der Waals surface area (Å²) in [5.41, 5.74) is 3.58. The van der Waals surface area contributed by atoms with E-state index in [1.165, 1.54) is 16.3 Å². The van der Waals surface area contributed by atoms with E-state index in [1.54, 1.807) is 37.5 Å². The van der Waals surface area contributed by atoms with Gasteiger partial charge in [0.15, 0.2) is 5.16 Å². The van der Waals surface area contributed by atoms with Gasteiger partial charge in [-0.25, -0.2) is 14.8 Å². The maximum absolute atomic E-state index is 13.2. The van der Waals surface area contributed by atoms with Crippen molar-refractivity contribution in [1.82, 2.24) is 19.7 Å². The van der Waals surface area contributed by atoms with Crippen molar-refractivity contribution < 1.29 is 9.32 Å². The number of carbonyl (C=O) groups excluding carboxylic acids is 1. The van der Waals surface area contributed by atoms with E-state index in [-0.39, 0.29) is 16.9 Å². The molecule has 4 rings (SSSR count). The number of nitrogens with zero attached hydrogens (tertiary/aromatic N) is 4. The molecule has 1 aromatic carbocycles. The first-order valence-corrected chi connectivity index (χ1v) is 11.9. The Labute approximate surface area is 201 Å². The highest BCUT2D eigenvalue weighted by molar-refractivity contribution is 7.98. The van der Waals surface area contributed by atoms with Gasteiger partial charge in [0.2, 0.25) is 5.88 Å². The molecule has 0 atom stereocenters. The molecule has 0 fully saturated rings. The van der Waals surface area contributed by atoms with E-state index < -0.39 is 6.03 Å². The van der Waals surface area contributed by atoms with Gasteiger partial charge in [-0.3, -0.25) is 14.7 Å². The summed E-state index contributed by atoms with van der Waals surface area (Å²) in [5, 5.41) is 10.8. The Hall–Kier alpha value is -3.66. The molecule has 176 valence electrons.